The third-order valence-electron chi connectivity index (χ3n) is 6.89. The van der Waals surface area contributed by atoms with E-state index in [0.717, 1.165) is 62.6 Å². The van der Waals surface area contributed by atoms with Gasteiger partial charge in [0.15, 0.2) is 0 Å². The molecule has 0 saturated carbocycles. The Hall–Kier alpha value is -3.60. The molecule has 6 nitrogen and oxygen atoms in total. The molecule has 0 radical (unpaired) electrons. The molecule has 0 saturated heterocycles. The van der Waals surface area contributed by atoms with Crippen LogP contribution < -0.4 is 11.5 Å². The lowest BCUT2D eigenvalue weighted by atomic mass is 10.0. The minimum atomic E-state index is -0.829. The Morgan fingerprint density at radius 2 is 0.976 bits per heavy atom. The minimum Gasteiger partial charge on any atom is -0.481 e. The lowest BCUT2D eigenvalue weighted by Crippen LogP contribution is -1.98. The van der Waals surface area contributed by atoms with Crippen LogP contribution in [0.25, 0.3) is 40.4 Å². The molecule has 0 aliphatic carbocycles. The van der Waals surface area contributed by atoms with E-state index < -0.39 is 11.9 Å². The van der Waals surface area contributed by atoms with Crippen molar-refractivity contribution in [3.05, 3.63) is 95.1 Å². The van der Waals surface area contributed by atoms with Crippen LogP contribution in [0.2, 0.25) is 0 Å². The molecule has 41 heavy (non-hydrogen) atoms. The molecule has 9 heteroatoms. The zero-order valence-electron chi connectivity index (χ0n) is 22.3. The van der Waals surface area contributed by atoms with E-state index in [1.807, 2.05) is 36.4 Å². The maximum atomic E-state index is 11.4. The van der Waals surface area contributed by atoms with E-state index in [1.165, 1.54) is 0 Å². The van der Waals surface area contributed by atoms with Crippen molar-refractivity contribution in [1.82, 2.24) is 0 Å². The summed E-state index contributed by atoms with van der Waals surface area (Å²) in [6.07, 6.45) is 0.965. The Morgan fingerprint density at radius 3 is 1.37 bits per heavy atom. The van der Waals surface area contributed by atoms with E-state index in [2.05, 4.69) is 36.4 Å². The first-order chi connectivity index (χ1) is 19.9. The highest BCUT2D eigenvalue weighted by atomic mass is 32.1. The predicted molar refractivity (Wildman–Crippen MR) is 170 cm³/mol. The SMILES string of the molecule is NCc1ccccc1-c1cc(CCC(=O)O)c(-c2ccc(-c3sc(-c4ccccc4CN)cc3CCC(=O)O)s2)s1. The first-order valence-electron chi connectivity index (χ1n) is 13.2. The maximum absolute atomic E-state index is 11.4. The van der Waals surface area contributed by atoms with Crippen LogP contribution in [0.5, 0.6) is 0 Å². The number of aliphatic carboxylic acids is 2. The molecule has 5 aromatic rings. The molecule has 0 aliphatic heterocycles. The Labute approximate surface area is 250 Å². The first kappa shape index (κ1) is 28.9. The van der Waals surface area contributed by atoms with Crippen molar-refractivity contribution in [3.8, 4) is 40.4 Å². The molecule has 0 amide bonds. The van der Waals surface area contributed by atoms with Crippen molar-refractivity contribution < 1.29 is 19.8 Å². The van der Waals surface area contributed by atoms with Gasteiger partial charge in [0.1, 0.15) is 0 Å². The van der Waals surface area contributed by atoms with Gasteiger partial charge in [-0.15, -0.1) is 34.0 Å². The van der Waals surface area contributed by atoms with Crippen molar-refractivity contribution in [2.45, 2.75) is 38.8 Å². The number of thiophene rings is 3. The van der Waals surface area contributed by atoms with Gasteiger partial charge in [0, 0.05) is 55.2 Å². The summed E-state index contributed by atoms with van der Waals surface area (Å²) in [7, 11) is 0. The van der Waals surface area contributed by atoms with Crippen LogP contribution in [0.1, 0.15) is 35.1 Å². The van der Waals surface area contributed by atoms with Crippen LogP contribution in [-0.2, 0) is 35.5 Å². The fraction of sp³-hybridized carbons (Fsp3) is 0.188. The zero-order chi connectivity index (χ0) is 28.9. The molecule has 3 aromatic heterocycles. The van der Waals surface area contributed by atoms with Crippen molar-refractivity contribution in [2.75, 3.05) is 0 Å². The van der Waals surface area contributed by atoms with Crippen LogP contribution in [0.4, 0.5) is 0 Å². The lowest BCUT2D eigenvalue weighted by Gasteiger charge is -2.04. The van der Waals surface area contributed by atoms with E-state index >= 15 is 0 Å². The highest BCUT2D eigenvalue weighted by Gasteiger charge is 2.20. The summed E-state index contributed by atoms with van der Waals surface area (Å²) in [5.41, 5.74) is 18.3. The van der Waals surface area contributed by atoms with Gasteiger partial charge in [0.05, 0.1) is 0 Å². The van der Waals surface area contributed by atoms with E-state index in [4.69, 9.17) is 11.5 Å². The first-order valence-corrected chi connectivity index (χ1v) is 15.7. The Bertz CT molecular complexity index is 1580. The molecule has 5 rings (SSSR count). The number of rotatable bonds is 12. The van der Waals surface area contributed by atoms with Crippen molar-refractivity contribution in [3.63, 3.8) is 0 Å². The summed E-state index contributed by atoms with van der Waals surface area (Å²) in [6.45, 7) is 0.842. The second-order valence-electron chi connectivity index (χ2n) is 9.60. The summed E-state index contributed by atoms with van der Waals surface area (Å²) in [5.74, 6) is -1.66. The number of carboxylic acid groups (broad SMARTS) is 2. The van der Waals surface area contributed by atoms with Gasteiger partial charge in [0.2, 0.25) is 0 Å². The average Bonchev–Trinajstić information content (AvgIpc) is 3.73. The van der Waals surface area contributed by atoms with Crippen molar-refractivity contribution in [2.24, 2.45) is 11.5 Å². The summed E-state index contributed by atoms with van der Waals surface area (Å²) in [4.78, 5) is 29.2. The lowest BCUT2D eigenvalue weighted by molar-refractivity contribution is -0.138. The van der Waals surface area contributed by atoms with Gasteiger partial charge >= 0.3 is 11.9 Å². The highest BCUT2D eigenvalue weighted by molar-refractivity contribution is 7.28. The standard InChI is InChI=1S/C32H30N2O4S3/c33-17-21-5-1-3-7-23(21)27-15-19(9-13-29(35)36)31(40-27)25-11-12-26(39-25)32-20(10-14-30(37)38)16-28(41-32)24-8-4-2-6-22(24)18-34/h1-8,11-12,15-16H,9-10,13-14,17-18,33-34H2,(H,35,36)(H,37,38). The van der Waals surface area contributed by atoms with E-state index in [9.17, 15) is 19.8 Å². The Kier molecular flexibility index (Phi) is 9.12. The van der Waals surface area contributed by atoms with Gasteiger partial charge in [0.25, 0.3) is 0 Å². The summed E-state index contributed by atoms with van der Waals surface area (Å²) >= 11 is 4.96. The van der Waals surface area contributed by atoms with E-state index in [0.29, 0.717) is 25.9 Å². The van der Waals surface area contributed by atoms with Crippen molar-refractivity contribution >= 4 is 45.9 Å². The number of hydrogen-bond donors (Lipinski definition) is 4. The molecule has 210 valence electrons. The number of carboxylic acids is 2. The largest absolute Gasteiger partial charge is 0.481 e. The normalized spacial score (nSPS) is 11.2. The monoisotopic (exact) mass is 602 g/mol. The van der Waals surface area contributed by atoms with Crippen LogP contribution in [0, 0.1) is 0 Å². The van der Waals surface area contributed by atoms with E-state index in [-0.39, 0.29) is 12.8 Å². The molecular weight excluding hydrogens is 573 g/mol. The molecule has 0 unspecified atom stereocenters. The second kappa shape index (κ2) is 12.9. The van der Waals surface area contributed by atoms with Crippen molar-refractivity contribution in [1.29, 1.82) is 0 Å². The Balaban J connectivity index is 1.57. The Morgan fingerprint density at radius 1 is 0.561 bits per heavy atom. The molecular formula is C32H30N2O4S3. The highest BCUT2D eigenvalue weighted by Crippen LogP contribution is 2.47. The summed E-state index contributed by atoms with van der Waals surface area (Å²) in [5, 5.41) is 18.8. The molecule has 3 heterocycles. The number of hydrogen-bond acceptors (Lipinski definition) is 7. The summed E-state index contributed by atoms with van der Waals surface area (Å²) < 4.78 is 0. The average molecular weight is 603 g/mol. The second-order valence-corrected chi connectivity index (χ2v) is 12.8. The van der Waals surface area contributed by atoms with Gasteiger partial charge in [-0.2, -0.15) is 0 Å². The fourth-order valence-electron chi connectivity index (χ4n) is 4.85. The van der Waals surface area contributed by atoms with Gasteiger partial charge in [-0.05, 0) is 70.5 Å². The number of carbonyl (C=O) groups is 2. The molecule has 0 spiro atoms. The molecule has 6 N–H and O–H groups in total. The fourth-order valence-corrected chi connectivity index (χ4v) is 8.69. The topological polar surface area (TPSA) is 127 Å². The predicted octanol–water partition coefficient (Wildman–Crippen LogP) is 7.49. The van der Waals surface area contributed by atoms with Crippen LogP contribution >= 0.6 is 34.0 Å². The van der Waals surface area contributed by atoms with Gasteiger partial charge < -0.3 is 21.7 Å². The quantitative estimate of drug-likeness (QED) is 0.117. The third kappa shape index (κ3) is 6.50. The zero-order valence-corrected chi connectivity index (χ0v) is 24.7. The maximum Gasteiger partial charge on any atom is 0.303 e. The molecule has 0 bridgehead atoms. The van der Waals surface area contributed by atoms with Gasteiger partial charge in [-0.3, -0.25) is 9.59 Å². The summed E-state index contributed by atoms with van der Waals surface area (Å²) in [6, 6.07) is 24.4. The van der Waals surface area contributed by atoms with Crippen LogP contribution in [-0.4, -0.2) is 22.2 Å². The van der Waals surface area contributed by atoms with Gasteiger partial charge in [-0.1, -0.05) is 48.5 Å². The van der Waals surface area contributed by atoms with Gasteiger partial charge in [-0.25, -0.2) is 0 Å². The molecule has 0 aliphatic rings. The molecule has 0 atom stereocenters. The number of aryl methyl sites for hydroxylation is 2. The minimum absolute atomic E-state index is 0.0497. The van der Waals surface area contributed by atoms with Crippen LogP contribution in [0.15, 0.2) is 72.8 Å². The molecule has 0 fully saturated rings. The number of benzene rings is 2. The van der Waals surface area contributed by atoms with E-state index in [1.54, 1.807) is 34.0 Å². The molecule has 2 aromatic carbocycles. The number of nitrogens with two attached hydrogens (primary N) is 2. The van der Waals surface area contributed by atoms with Crippen LogP contribution in [0.3, 0.4) is 0 Å². The third-order valence-corrected chi connectivity index (χ3v) is 10.8. The smallest absolute Gasteiger partial charge is 0.303 e.